The quantitative estimate of drug-likeness (QED) is 0.602. The van der Waals surface area contributed by atoms with E-state index in [9.17, 15) is 14.0 Å². The molecule has 3 aromatic rings. The zero-order valence-electron chi connectivity index (χ0n) is 16.1. The average Bonchev–Trinajstić information content (AvgIpc) is 3.45. The fourth-order valence-electron chi connectivity index (χ4n) is 3.14. The first-order chi connectivity index (χ1) is 13.9. The lowest BCUT2D eigenvalue weighted by Crippen LogP contribution is -2.15. The third-order valence-electron chi connectivity index (χ3n) is 4.83. The number of carbonyl (C=O) groups is 2. The normalized spacial score (nSPS) is 13.2. The van der Waals surface area contributed by atoms with Gasteiger partial charge in [0.15, 0.2) is 0 Å². The Kier molecular flexibility index (Phi) is 5.15. The van der Waals surface area contributed by atoms with E-state index >= 15 is 0 Å². The van der Waals surface area contributed by atoms with Gasteiger partial charge >= 0.3 is 0 Å². The molecule has 1 aliphatic carbocycles. The molecule has 1 aromatic heterocycles. The highest BCUT2D eigenvalue weighted by Crippen LogP contribution is 2.40. The maximum atomic E-state index is 13.9. The lowest BCUT2D eigenvalue weighted by Gasteiger charge is -2.11. The summed E-state index contributed by atoms with van der Waals surface area (Å²) in [5.41, 5.74) is 2.84. The number of rotatable bonds is 5. The molecule has 1 fully saturated rings. The van der Waals surface area contributed by atoms with E-state index in [-0.39, 0.29) is 11.5 Å². The second-order valence-corrected chi connectivity index (χ2v) is 8.46. The van der Waals surface area contributed by atoms with Gasteiger partial charge in [0, 0.05) is 16.8 Å². The highest BCUT2D eigenvalue weighted by atomic mass is 32.1. The molecule has 0 unspecified atom stereocenters. The molecule has 29 heavy (non-hydrogen) atoms. The van der Waals surface area contributed by atoms with Gasteiger partial charge in [-0.1, -0.05) is 6.07 Å². The van der Waals surface area contributed by atoms with Crippen LogP contribution in [0.2, 0.25) is 0 Å². The van der Waals surface area contributed by atoms with E-state index in [4.69, 9.17) is 0 Å². The summed E-state index contributed by atoms with van der Waals surface area (Å²) in [5, 5.41) is 7.11. The third-order valence-corrected chi connectivity index (χ3v) is 5.66. The van der Waals surface area contributed by atoms with Crippen molar-refractivity contribution < 1.29 is 14.0 Å². The Morgan fingerprint density at radius 1 is 1.07 bits per heavy atom. The van der Waals surface area contributed by atoms with E-state index in [1.54, 1.807) is 30.5 Å². The highest BCUT2D eigenvalue weighted by molar-refractivity contribution is 7.15. The van der Waals surface area contributed by atoms with E-state index in [2.05, 4.69) is 15.6 Å². The molecule has 148 valence electrons. The minimum atomic E-state index is -0.414. The maximum Gasteiger partial charge on any atom is 0.256 e. The van der Waals surface area contributed by atoms with Crippen molar-refractivity contribution in [1.29, 1.82) is 0 Å². The number of hydrogen-bond donors (Lipinski definition) is 2. The second-order valence-electron chi connectivity index (χ2n) is 7.23. The molecule has 0 saturated heterocycles. The predicted molar refractivity (Wildman–Crippen MR) is 112 cm³/mol. The summed E-state index contributed by atoms with van der Waals surface area (Å²) in [6.45, 7) is 3.69. The van der Waals surface area contributed by atoms with Crippen molar-refractivity contribution in [3.8, 4) is 0 Å². The van der Waals surface area contributed by atoms with Gasteiger partial charge in [-0.3, -0.25) is 9.59 Å². The van der Waals surface area contributed by atoms with Crippen molar-refractivity contribution >= 4 is 33.8 Å². The van der Waals surface area contributed by atoms with Crippen LogP contribution < -0.4 is 10.6 Å². The molecular weight excluding hydrogens is 389 g/mol. The van der Waals surface area contributed by atoms with E-state index in [1.165, 1.54) is 23.5 Å². The molecule has 1 aliphatic rings. The standard InChI is InChI=1S/C22H20FN3O2S/c1-12-3-6-18(10-19(12)22(28)26-20-11-24-13(2)29-20)25-21(27)16-7-15(14-4-5-14)8-17(23)9-16/h3,6-11,14H,4-5H2,1-2H3,(H,25,27)(H,26,28). The Morgan fingerprint density at radius 2 is 1.86 bits per heavy atom. The Bertz CT molecular complexity index is 1110. The van der Waals surface area contributed by atoms with Crippen LogP contribution in [0.25, 0.3) is 0 Å². The number of nitrogens with zero attached hydrogens (tertiary/aromatic N) is 1. The van der Waals surface area contributed by atoms with Gasteiger partial charge in [-0.2, -0.15) is 0 Å². The molecule has 2 amide bonds. The summed E-state index contributed by atoms with van der Waals surface area (Å²) in [6, 6.07) is 9.58. The SMILES string of the molecule is Cc1ncc(NC(=O)c2cc(NC(=O)c3cc(F)cc(C4CC4)c3)ccc2C)s1. The van der Waals surface area contributed by atoms with Gasteiger partial charge in [-0.05, 0) is 74.1 Å². The van der Waals surface area contributed by atoms with Crippen LogP contribution in [0.15, 0.2) is 42.6 Å². The van der Waals surface area contributed by atoms with Gasteiger partial charge in [-0.15, -0.1) is 11.3 Å². The molecule has 0 bridgehead atoms. The van der Waals surface area contributed by atoms with Crippen molar-refractivity contribution in [2.24, 2.45) is 0 Å². The first kappa shape index (κ1) is 19.3. The maximum absolute atomic E-state index is 13.9. The zero-order chi connectivity index (χ0) is 20.5. The predicted octanol–water partition coefficient (Wildman–Crippen LogP) is 5.28. The molecule has 1 saturated carbocycles. The monoisotopic (exact) mass is 409 g/mol. The van der Waals surface area contributed by atoms with Crippen molar-refractivity contribution in [1.82, 2.24) is 4.98 Å². The van der Waals surface area contributed by atoms with Crippen LogP contribution in [-0.4, -0.2) is 16.8 Å². The van der Waals surface area contributed by atoms with Crippen LogP contribution >= 0.6 is 11.3 Å². The van der Waals surface area contributed by atoms with Gasteiger partial charge in [-0.25, -0.2) is 9.37 Å². The van der Waals surface area contributed by atoms with Crippen molar-refractivity contribution in [2.45, 2.75) is 32.6 Å². The largest absolute Gasteiger partial charge is 0.322 e. The Hall–Kier alpha value is -3.06. The second kappa shape index (κ2) is 7.75. The minimum absolute atomic E-state index is 0.274. The van der Waals surface area contributed by atoms with Gasteiger partial charge in [0.1, 0.15) is 10.8 Å². The first-order valence-electron chi connectivity index (χ1n) is 9.35. The number of carbonyl (C=O) groups excluding carboxylic acids is 2. The van der Waals surface area contributed by atoms with E-state index in [1.807, 2.05) is 13.8 Å². The number of aryl methyl sites for hydroxylation is 2. The number of hydrogen-bond acceptors (Lipinski definition) is 4. The molecule has 0 atom stereocenters. The van der Waals surface area contributed by atoms with Crippen molar-refractivity contribution in [3.05, 3.63) is 75.7 Å². The van der Waals surface area contributed by atoms with Crippen LogP contribution in [0.4, 0.5) is 15.1 Å². The average molecular weight is 409 g/mol. The molecule has 1 heterocycles. The third kappa shape index (κ3) is 4.51. The number of amides is 2. The molecule has 7 heteroatoms. The lowest BCUT2D eigenvalue weighted by molar-refractivity contribution is 0.101. The summed E-state index contributed by atoms with van der Waals surface area (Å²) >= 11 is 1.39. The van der Waals surface area contributed by atoms with E-state index < -0.39 is 11.7 Å². The molecule has 4 rings (SSSR count). The Labute approximate surface area is 172 Å². The van der Waals surface area contributed by atoms with E-state index in [0.29, 0.717) is 22.2 Å². The topological polar surface area (TPSA) is 71.1 Å². The Morgan fingerprint density at radius 3 is 2.55 bits per heavy atom. The van der Waals surface area contributed by atoms with Crippen LogP contribution in [-0.2, 0) is 0 Å². The van der Waals surface area contributed by atoms with Crippen LogP contribution in [0, 0.1) is 19.7 Å². The molecular formula is C22H20FN3O2S. The van der Waals surface area contributed by atoms with Gasteiger partial charge in [0.05, 0.1) is 11.2 Å². The fraction of sp³-hybridized carbons (Fsp3) is 0.227. The number of benzene rings is 2. The number of anilines is 2. The van der Waals surface area contributed by atoms with Crippen LogP contribution in [0.1, 0.15) is 55.6 Å². The van der Waals surface area contributed by atoms with Crippen molar-refractivity contribution in [2.75, 3.05) is 10.6 Å². The smallest absolute Gasteiger partial charge is 0.256 e. The molecule has 2 N–H and O–H groups in total. The van der Waals surface area contributed by atoms with Gasteiger partial charge in [0.2, 0.25) is 0 Å². The lowest BCUT2D eigenvalue weighted by atomic mass is 10.1. The van der Waals surface area contributed by atoms with Gasteiger partial charge in [0.25, 0.3) is 11.8 Å². The van der Waals surface area contributed by atoms with Crippen LogP contribution in [0.3, 0.4) is 0 Å². The molecule has 5 nitrogen and oxygen atoms in total. The number of nitrogens with one attached hydrogen (secondary N) is 2. The zero-order valence-corrected chi connectivity index (χ0v) is 16.9. The summed E-state index contributed by atoms with van der Waals surface area (Å²) in [4.78, 5) is 29.4. The molecule has 0 radical (unpaired) electrons. The summed E-state index contributed by atoms with van der Waals surface area (Å²) in [5.74, 6) is -0.741. The minimum Gasteiger partial charge on any atom is -0.322 e. The number of halogens is 1. The van der Waals surface area contributed by atoms with Crippen molar-refractivity contribution in [3.63, 3.8) is 0 Å². The first-order valence-corrected chi connectivity index (χ1v) is 10.2. The summed E-state index contributed by atoms with van der Waals surface area (Å²) < 4.78 is 13.9. The van der Waals surface area contributed by atoms with E-state index in [0.717, 1.165) is 29.0 Å². The summed E-state index contributed by atoms with van der Waals surface area (Å²) in [7, 11) is 0. The number of aromatic nitrogens is 1. The number of thiazole rings is 1. The highest BCUT2D eigenvalue weighted by Gasteiger charge is 2.25. The molecule has 2 aromatic carbocycles. The summed E-state index contributed by atoms with van der Waals surface area (Å²) in [6.07, 6.45) is 3.67. The van der Waals surface area contributed by atoms with Gasteiger partial charge < -0.3 is 10.6 Å². The molecule has 0 spiro atoms. The van der Waals surface area contributed by atoms with Crippen LogP contribution in [0.5, 0.6) is 0 Å². The Balaban J connectivity index is 1.52. The molecule has 0 aliphatic heterocycles. The fourth-order valence-corrected chi connectivity index (χ4v) is 3.81.